The van der Waals surface area contributed by atoms with E-state index in [9.17, 15) is 0 Å². The summed E-state index contributed by atoms with van der Waals surface area (Å²) < 4.78 is 0. The van der Waals surface area contributed by atoms with Crippen molar-refractivity contribution in [2.45, 2.75) is 6.92 Å². The number of nitrogens with two attached hydrogens (primary N) is 1. The van der Waals surface area contributed by atoms with Gasteiger partial charge in [-0.15, -0.1) is 0 Å². The lowest BCUT2D eigenvalue weighted by molar-refractivity contribution is 0.642. The Hall–Kier alpha value is -2.17. The van der Waals surface area contributed by atoms with Crippen LogP contribution in [0.4, 0.5) is 17.3 Å². The van der Waals surface area contributed by atoms with Crippen molar-refractivity contribution in [2.75, 3.05) is 41.7 Å². The quantitative estimate of drug-likeness (QED) is 0.803. The van der Waals surface area contributed by atoms with Gasteiger partial charge in [0, 0.05) is 49.4 Å². The minimum Gasteiger partial charge on any atom is -0.399 e. The van der Waals surface area contributed by atoms with Crippen LogP contribution in [0.3, 0.4) is 0 Å². The van der Waals surface area contributed by atoms with Crippen LogP contribution in [0.1, 0.15) is 5.69 Å². The highest BCUT2D eigenvalue weighted by Gasteiger charge is 2.18. The zero-order valence-electron chi connectivity index (χ0n) is 11.1. The third-order valence-electron chi connectivity index (χ3n) is 3.53. The summed E-state index contributed by atoms with van der Waals surface area (Å²) >= 11 is 0. The highest BCUT2D eigenvalue weighted by Crippen LogP contribution is 2.19. The number of hydrogen-bond acceptors (Lipinski definition) is 4. The molecule has 1 aromatic heterocycles. The molecule has 0 unspecified atom stereocenters. The Bertz CT molecular complexity index is 537. The van der Waals surface area contributed by atoms with Gasteiger partial charge in [0.05, 0.1) is 0 Å². The number of rotatable bonds is 2. The summed E-state index contributed by atoms with van der Waals surface area (Å²) in [6.45, 7) is 6.00. The fourth-order valence-electron chi connectivity index (χ4n) is 2.42. The number of nitrogens with zero attached hydrogens (tertiary/aromatic N) is 3. The Morgan fingerprint density at radius 3 is 2.26 bits per heavy atom. The number of imidazole rings is 1. The van der Waals surface area contributed by atoms with E-state index in [4.69, 9.17) is 5.73 Å². The highest BCUT2D eigenvalue weighted by atomic mass is 15.3. The van der Waals surface area contributed by atoms with Crippen LogP contribution < -0.4 is 15.5 Å². The average Bonchev–Trinajstić information content (AvgIpc) is 2.87. The van der Waals surface area contributed by atoms with E-state index in [0.717, 1.165) is 43.5 Å². The van der Waals surface area contributed by atoms with E-state index in [0.29, 0.717) is 0 Å². The number of aryl methyl sites for hydroxylation is 1. The van der Waals surface area contributed by atoms with Gasteiger partial charge in [0.15, 0.2) is 0 Å². The van der Waals surface area contributed by atoms with Crippen LogP contribution in [-0.2, 0) is 0 Å². The molecule has 0 spiro atoms. The normalized spacial score (nSPS) is 15.8. The van der Waals surface area contributed by atoms with Gasteiger partial charge in [-0.1, -0.05) is 0 Å². The number of benzene rings is 1. The summed E-state index contributed by atoms with van der Waals surface area (Å²) in [5.41, 5.74) is 8.88. The van der Waals surface area contributed by atoms with Crippen molar-refractivity contribution in [3.63, 3.8) is 0 Å². The zero-order chi connectivity index (χ0) is 13.2. The van der Waals surface area contributed by atoms with Crippen molar-refractivity contribution in [3.8, 4) is 0 Å². The molecule has 5 heteroatoms. The van der Waals surface area contributed by atoms with Crippen molar-refractivity contribution >= 4 is 17.3 Å². The predicted molar refractivity (Wildman–Crippen MR) is 78.6 cm³/mol. The Kier molecular flexibility index (Phi) is 3.03. The Morgan fingerprint density at radius 1 is 1.05 bits per heavy atom. The van der Waals surface area contributed by atoms with Gasteiger partial charge in [-0.2, -0.15) is 0 Å². The molecule has 19 heavy (non-hydrogen) atoms. The first kappa shape index (κ1) is 11.9. The van der Waals surface area contributed by atoms with Crippen molar-refractivity contribution in [3.05, 3.63) is 36.2 Å². The predicted octanol–water partition coefficient (Wildman–Crippen LogP) is 1.63. The van der Waals surface area contributed by atoms with E-state index in [1.54, 1.807) is 0 Å². The number of nitrogen functional groups attached to an aromatic ring is 1. The minimum absolute atomic E-state index is 0.813. The maximum absolute atomic E-state index is 5.72. The molecule has 100 valence electrons. The summed E-state index contributed by atoms with van der Waals surface area (Å²) in [6, 6.07) is 8.08. The molecule has 0 aliphatic carbocycles. The number of anilines is 3. The lowest BCUT2D eigenvalue weighted by Gasteiger charge is -2.36. The van der Waals surface area contributed by atoms with Crippen LogP contribution in [0.15, 0.2) is 30.5 Å². The van der Waals surface area contributed by atoms with Crippen molar-refractivity contribution in [2.24, 2.45) is 0 Å². The molecule has 1 aliphatic rings. The molecule has 0 saturated carbocycles. The summed E-state index contributed by atoms with van der Waals surface area (Å²) in [5.74, 6) is 0.981. The van der Waals surface area contributed by atoms with Gasteiger partial charge in [-0.05, 0) is 31.2 Å². The van der Waals surface area contributed by atoms with Gasteiger partial charge in [-0.25, -0.2) is 4.98 Å². The number of aromatic nitrogens is 2. The van der Waals surface area contributed by atoms with Crippen LogP contribution in [0.5, 0.6) is 0 Å². The molecule has 0 bridgehead atoms. The van der Waals surface area contributed by atoms with Crippen LogP contribution in [0, 0.1) is 6.92 Å². The third kappa shape index (κ3) is 2.50. The number of piperazine rings is 1. The van der Waals surface area contributed by atoms with Crippen LogP contribution in [0.2, 0.25) is 0 Å². The number of H-pyrrole nitrogens is 1. The highest BCUT2D eigenvalue weighted by molar-refractivity contribution is 5.54. The topological polar surface area (TPSA) is 61.2 Å². The lowest BCUT2D eigenvalue weighted by atomic mass is 10.2. The fraction of sp³-hybridized carbons (Fsp3) is 0.357. The van der Waals surface area contributed by atoms with Gasteiger partial charge in [0.1, 0.15) is 0 Å². The van der Waals surface area contributed by atoms with Crippen molar-refractivity contribution in [1.29, 1.82) is 0 Å². The molecule has 0 amide bonds. The summed E-state index contributed by atoms with van der Waals surface area (Å²) in [4.78, 5) is 12.3. The van der Waals surface area contributed by atoms with Crippen LogP contribution >= 0.6 is 0 Å². The first-order chi connectivity index (χ1) is 9.22. The smallest absolute Gasteiger partial charge is 0.203 e. The standard InChI is InChI=1S/C14H19N5/c1-11-10-16-14(17-11)19-8-6-18(7-9-19)13-4-2-12(15)3-5-13/h2-5,10H,6-9,15H2,1H3,(H,16,17). The Balaban J connectivity index is 1.64. The second-order valence-corrected chi connectivity index (χ2v) is 4.96. The monoisotopic (exact) mass is 257 g/mol. The molecule has 3 N–H and O–H groups in total. The summed E-state index contributed by atoms with van der Waals surface area (Å²) in [7, 11) is 0. The van der Waals surface area contributed by atoms with Gasteiger partial charge < -0.3 is 20.5 Å². The van der Waals surface area contributed by atoms with Gasteiger partial charge in [-0.3, -0.25) is 0 Å². The molecule has 0 atom stereocenters. The fourth-order valence-corrected chi connectivity index (χ4v) is 2.42. The van der Waals surface area contributed by atoms with E-state index < -0.39 is 0 Å². The SMILES string of the molecule is Cc1cnc(N2CCN(c3ccc(N)cc3)CC2)[nH]1. The van der Waals surface area contributed by atoms with E-state index in [1.807, 2.05) is 25.3 Å². The molecule has 5 nitrogen and oxygen atoms in total. The van der Waals surface area contributed by atoms with E-state index in [1.165, 1.54) is 5.69 Å². The van der Waals surface area contributed by atoms with Crippen molar-refractivity contribution < 1.29 is 0 Å². The molecule has 3 rings (SSSR count). The van der Waals surface area contributed by atoms with E-state index >= 15 is 0 Å². The minimum atomic E-state index is 0.813. The van der Waals surface area contributed by atoms with Gasteiger partial charge in [0.2, 0.25) is 5.95 Å². The van der Waals surface area contributed by atoms with E-state index in [-0.39, 0.29) is 0 Å². The second kappa shape index (κ2) is 4.84. The van der Waals surface area contributed by atoms with Gasteiger partial charge >= 0.3 is 0 Å². The van der Waals surface area contributed by atoms with E-state index in [2.05, 4.69) is 31.9 Å². The molecule has 1 aromatic carbocycles. The maximum atomic E-state index is 5.72. The largest absolute Gasteiger partial charge is 0.399 e. The first-order valence-electron chi connectivity index (χ1n) is 6.59. The molecule has 2 heterocycles. The van der Waals surface area contributed by atoms with Crippen LogP contribution in [-0.4, -0.2) is 36.1 Å². The van der Waals surface area contributed by atoms with Crippen molar-refractivity contribution in [1.82, 2.24) is 9.97 Å². The second-order valence-electron chi connectivity index (χ2n) is 4.96. The molecule has 1 saturated heterocycles. The number of aromatic amines is 1. The molecule has 2 aromatic rings. The first-order valence-corrected chi connectivity index (χ1v) is 6.59. The zero-order valence-corrected chi connectivity index (χ0v) is 11.1. The Labute approximate surface area is 113 Å². The summed E-state index contributed by atoms with van der Waals surface area (Å²) in [5, 5.41) is 0. The number of hydrogen-bond donors (Lipinski definition) is 2. The average molecular weight is 257 g/mol. The third-order valence-corrected chi connectivity index (χ3v) is 3.53. The number of nitrogens with one attached hydrogen (secondary N) is 1. The Morgan fingerprint density at radius 2 is 1.68 bits per heavy atom. The molecular formula is C14H19N5. The molecule has 1 fully saturated rings. The molecular weight excluding hydrogens is 238 g/mol. The molecule has 0 radical (unpaired) electrons. The van der Waals surface area contributed by atoms with Gasteiger partial charge in [0.25, 0.3) is 0 Å². The lowest BCUT2D eigenvalue weighted by Crippen LogP contribution is -2.46. The molecule has 1 aliphatic heterocycles. The maximum Gasteiger partial charge on any atom is 0.203 e. The van der Waals surface area contributed by atoms with Crippen LogP contribution in [0.25, 0.3) is 0 Å². The summed E-state index contributed by atoms with van der Waals surface area (Å²) in [6.07, 6.45) is 1.88.